The molecule has 1 fully saturated rings. The average molecular weight is 401 g/mol. The highest BCUT2D eigenvalue weighted by Gasteiger charge is 2.25. The van der Waals surface area contributed by atoms with Crippen molar-refractivity contribution >= 4 is 27.5 Å². The third-order valence-corrected chi connectivity index (χ3v) is 5.24. The summed E-state index contributed by atoms with van der Waals surface area (Å²) in [6.07, 6.45) is 1.84. The maximum absolute atomic E-state index is 12.6. The molecule has 0 saturated carbocycles. The van der Waals surface area contributed by atoms with E-state index >= 15 is 0 Å². The molecule has 0 bridgehead atoms. The first-order valence-electron chi connectivity index (χ1n) is 8.85. The van der Waals surface area contributed by atoms with Gasteiger partial charge in [-0.25, -0.2) is 0 Å². The molecule has 0 aromatic heterocycles. The summed E-state index contributed by atoms with van der Waals surface area (Å²) in [5.74, 6) is 0.270. The van der Waals surface area contributed by atoms with Crippen molar-refractivity contribution in [3.05, 3.63) is 63.6 Å². The van der Waals surface area contributed by atoms with Crippen LogP contribution in [0.15, 0.2) is 46.9 Å². The van der Waals surface area contributed by atoms with Crippen LogP contribution in [-0.4, -0.2) is 23.9 Å². The van der Waals surface area contributed by atoms with Crippen LogP contribution >= 0.6 is 15.9 Å². The Hall–Kier alpha value is -1.65. The van der Waals surface area contributed by atoms with Crippen molar-refractivity contribution in [2.75, 3.05) is 18.4 Å². The number of nitrogens with zero attached hydrogens (tertiary/aromatic N) is 1. The summed E-state index contributed by atoms with van der Waals surface area (Å²) in [4.78, 5) is 15.0. The summed E-state index contributed by atoms with van der Waals surface area (Å²) in [6, 6.07) is 14.6. The fraction of sp³-hybridized carbons (Fsp3) is 0.381. The van der Waals surface area contributed by atoms with Crippen molar-refractivity contribution in [3.63, 3.8) is 0 Å². The van der Waals surface area contributed by atoms with Crippen LogP contribution in [0, 0.1) is 19.8 Å². The van der Waals surface area contributed by atoms with Gasteiger partial charge in [-0.1, -0.05) is 34.1 Å². The van der Waals surface area contributed by atoms with Crippen LogP contribution in [0.4, 0.5) is 5.69 Å². The van der Waals surface area contributed by atoms with Crippen molar-refractivity contribution in [1.29, 1.82) is 0 Å². The molecule has 1 aliphatic heterocycles. The van der Waals surface area contributed by atoms with Crippen molar-refractivity contribution in [2.45, 2.75) is 33.2 Å². The van der Waals surface area contributed by atoms with Crippen molar-refractivity contribution in [1.82, 2.24) is 4.90 Å². The Labute approximate surface area is 158 Å². The lowest BCUT2D eigenvalue weighted by molar-refractivity contribution is -0.121. The van der Waals surface area contributed by atoms with Crippen LogP contribution < -0.4 is 5.32 Å². The summed E-state index contributed by atoms with van der Waals surface area (Å²) in [5.41, 5.74) is 4.59. The zero-order chi connectivity index (χ0) is 17.8. The molecule has 1 aliphatic rings. The van der Waals surface area contributed by atoms with Gasteiger partial charge < -0.3 is 5.32 Å². The highest BCUT2D eigenvalue weighted by atomic mass is 79.9. The van der Waals surface area contributed by atoms with E-state index in [1.165, 1.54) is 16.7 Å². The zero-order valence-electron chi connectivity index (χ0n) is 14.9. The zero-order valence-corrected chi connectivity index (χ0v) is 16.5. The minimum atomic E-state index is 0.111. The molecule has 0 atom stereocenters. The molecule has 1 amide bonds. The Kier molecular flexibility index (Phi) is 5.92. The van der Waals surface area contributed by atoms with E-state index in [0.717, 1.165) is 42.6 Å². The minimum absolute atomic E-state index is 0.111. The number of amides is 1. The molecule has 25 heavy (non-hydrogen) atoms. The second-order valence-corrected chi connectivity index (χ2v) is 7.96. The van der Waals surface area contributed by atoms with Crippen molar-refractivity contribution in [3.8, 4) is 0 Å². The van der Waals surface area contributed by atoms with Gasteiger partial charge in [-0.3, -0.25) is 9.69 Å². The van der Waals surface area contributed by atoms with Crippen LogP contribution in [0.25, 0.3) is 0 Å². The molecule has 1 heterocycles. The number of hydrogen-bond acceptors (Lipinski definition) is 2. The van der Waals surface area contributed by atoms with Crippen LogP contribution in [0.1, 0.15) is 29.5 Å². The van der Waals surface area contributed by atoms with Gasteiger partial charge in [-0.05, 0) is 80.7 Å². The lowest BCUT2D eigenvalue weighted by Crippen LogP contribution is -2.37. The highest BCUT2D eigenvalue weighted by Crippen LogP contribution is 2.22. The first kappa shape index (κ1) is 18.2. The van der Waals surface area contributed by atoms with E-state index < -0.39 is 0 Å². The molecular formula is C21H25BrN2O. The number of benzene rings is 2. The molecule has 0 radical (unpaired) electrons. The largest absolute Gasteiger partial charge is 0.326 e. The smallest absolute Gasteiger partial charge is 0.227 e. The fourth-order valence-electron chi connectivity index (χ4n) is 3.54. The Morgan fingerprint density at radius 1 is 1.12 bits per heavy atom. The number of rotatable bonds is 4. The molecule has 0 aliphatic carbocycles. The van der Waals surface area contributed by atoms with E-state index in [2.05, 4.69) is 64.3 Å². The summed E-state index contributed by atoms with van der Waals surface area (Å²) in [5, 5.41) is 3.10. The van der Waals surface area contributed by atoms with E-state index in [0.29, 0.717) is 0 Å². The first-order chi connectivity index (χ1) is 12.0. The SMILES string of the molecule is Cc1cc(C)cc(NC(=O)C2CCN(Cc3cccc(Br)c3)CC2)c1. The average Bonchev–Trinajstić information content (AvgIpc) is 2.54. The second-order valence-electron chi connectivity index (χ2n) is 7.05. The molecule has 132 valence electrons. The Morgan fingerprint density at radius 2 is 1.80 bits per heavy atom. The van der Waals surface area contributed by atoms with Crippen LogP contribution in [0.3, 0.4) is 0 Å². The lowest BCUT2D eigenvalue weighted by atomic mass is 9.95. The molecule has 2 aromatic rings. The Balaban J connectivity index is 1.52. The van der Waals surface area contributed by atoms with Gasteiger partial charge in [0.25, 0.3) is 0 Å². The molecule has 0 spiro atoms. The van der Waals surface area contributed by atoms with E-state index in [4.69, 9.17) is 0 Å². The van der Waals surface area contributed by atoms with Gasteiger partial charge in [-0.2, -0.15) is 0 Å². The topological polar surface area (TPSA) is 32.3 Å². The molecule has 0 unspecified atom stereocenters. The van der Waals surface area contributed by atoms with Crippen molar-refractivity contribution in [2.24, 2.45) is 5.92 Å². The standard InChI is InChI=1S/C21H25BrN2O/c1-15-10-16(2)12-20(11-15)23-21(25)18-6-8-24(9-7-18)14-17-4-3-5-19(22)13-17/h3-5,10-13,18H,6-9,14H2,1-2H3,(H,23,25). The Bertz CT molecular complexity index is 731. The third kappa shape index (κ3) is 5.16. The van der Waals surface area contributed by atoms with Crippen LogP contribution in [0.2, 0.25) is 0 Å². The first-order valence-corrected chi connectivity index (χ1v) is 9.65. The number of likely N-dealkylation sites (tertiary alicyclic amines) is 1. The van der Waals surface area contributed by atoms with E-state index in [-0.39, 0.29) is 11.8 Å². The Morgan fingerprint density at radius 3 is 2.44 bits per heavy atom. The molecular weight excluding hydrogens is 376 g/mol. The second kappa shape index (κ2) is 8.15. The summed E-state index contributed by atoms with van der Waals surface area (Å²) in [7, 11) is 0. The normalized spacial score (nSPS) is 16.0. The summed E-state index contributed by atoms with van der Waals surface area (Å²) < 4.78 is 1.12. The number of nitrogens with one attached hydrogen (secondary N) is 1. The quantitative estimate of drug-likeness (QED) is 0.789. The van der Waals surface area contributed by atoms with E-state index in [1.54, 1.807) is 0 Å². The predicted octanol–water partition coefficient (Wildman–Crippen LogP) is 4.92. The third-order valence-electron chi connectivity index (χ3n) is 4.74. The molecule has 1 saturated heterocycles. The lowest BCUT2D eigenvalue weighted by Gasteiger charge is -2.31. The molecule has 1 N–H and O–H groups in total. The highest BCUT2D eigenvalue weighted by molar-refractivity contribution is 9.10. The fourth-order valence-corrected chi connectivity index (χ4v) is 3.98. The van der Waals surface area contributed by atoms with Gasteiger partial charge in [0.1, 0.15) is 0 Å². The van der Waals surface area contributed by atoms with Crippen LogP contribution in [-0.2, 0) is 11.3 Å². The van der Waals surface area contributed by atoms with E-state index in [9.17, 15) is 4.79 Å². The number of carbonyl (C=O) groups is 1. The predicted molar refractivity (Wildman–Crippen MR) is 107 cm³/mol. The van der Waals surface area contributed by atoms with Gasteiger partial charge in [-0.15, -0.1) is 0 Å². The number of hydrogen-bond donors (Lipinski definition) is 1. The monoisotopic (exact) mass is 400 g/mol. The molecule has 3 rings (SSSR count). The molecule has 3 nitrogen and oxygen atoms in total. The van der Waals surface area contributed by atoms with Gasteiger partial charge in [0.15, 0.2) is 0 Å². The number of piperidine rings is 1. The van der Waals surface area contributed by atoms with Crippen LogP contribution in [0.5, 0.6) is 0 Å². The van der Waals surface area contributed by atoms with Gasteiger partial charge >= 0.3 is 0 Å². The number of anilines is 1. The van der Waals surface area contributed by atoms with Gasteiger partial charge in [0.05, 0.1) is 0 Å². The number of carbonyl (C=O) groups excluding carboxylic acids is 1. The maximum Gasteiger partial charge on any atom is 0.227 e. The van der Waals surface area contributed by atoms with Crippen molar-refractivity contribution < 1.29 is 4.79 Å². The summed E-state index contributed by atoms with van der Waals surface area (Å²) >= 11 is 3.53. The minimum Gasteiger partial charge on any atom is -0.326 e. The number of halogens is 1. The molecule has 2 aromatic carbocycles. The van der Waals surface area contributed by atoms with Gasteiger partial charge in [0.2, 0.25) is 5.91 Å². The maximum atomic E-state index is 12.6. The summed E-state index contributed by atoms with van der Waals surface area (Å²) in [6.45, 7) is 7.01. The molecule has 4 heteroatoms. The van der Waals surface area contributed by atoms with Gasteiger partial charge in [0, 0.05) is 22.6 Å². The number of aryl methyl sites for hydroxylation is 2. The van der Waals surface area contributed by atoms with E-state index in [1.807, 2.05) is 18.2 Å².